The Morgan fingerprint density at radius 1 is 1.21 bits per heavy atom. The van der Waals surface area contributed by atoms with Crippen molar-refractivity contribution in [1.29, 1.82) is 0 Å². The van der Waals surface area contributed by atoms with Crippen molar-refractivity contribution in [3.05, 3.63) is 47.3 Å². The first-order valence-electron chi connectivity index (χ1n) is 5.78. The van der Waals surface area contributed by atoms with E-state index < -0.39 is 10.0 Å². The molecule has 2 rings (SSSR count). The van der Waals surface area contributed by atoms with Gasteiger partial charge in [-0.3, -0.25) is 0 Å². The van der Waals surface area contributed by atoms with Crippen LogP contribution < -0.4 is 4.72 Å². The molecule has 1 N–H and O–H groups in total. The topological polar surface area (TPSA) is 46.2 Å². The third-order valence-electron chi connectivity index (χ3n) is 2.62. The molecular weight excluding hydrogens is 298 g/mol. The largest absolute Gasteiger partial charge is 0.250 e. The Bertz CT molecular complexity index is 604. The fourth-order valence-electron chi connectivity index (χ4n) is 1.61. The Balaban J connectivity index is 1.89. The van der Waals surface area contributed by atoms with Gasteiger partial charge in [0.1, 0.15) is 4.21 Å². The van der Waals surface area contributed by atoms with Gasteiger partial charge < -0.3 is 0 Å². The lowest BCUT2D eigenvalue weighted by Gasteiger charge is -2.05. The number of sulfonamides is 1. The molecule has 3 nitrogen and oxygen atoms in total. The maximum atomic E-state index is 11.9. The molecule has 0 saturated heterocycles. The molecule has 2 aromatic rings. The van der Waals surface area contributed by atoms with Gasteiger partial charge in [0.15, 0.2) is 0 Å². The summed E-state index contributed by atoms with van der Waals surface area (Å²) in [5.74, 6) is 0. The summed E-state index contributed by atoms with van der Waals surface area (Å²) in [6, 6.07) is 11.5. The van der Waals surface area contributed by atoms with Gasteiger partial charge in [-0.25, -0.2) is 13.1 Å². The highest BCUT2D eigenvalue weighted by Gasteiger charge is 2.13. The van der Waals surface area contributed by atoms with E-state index in [1.165, 1.54) is 16.2 Å². The van der Waals surface area contributed by atoms with Crippen LogP contribution in [-0.4, -0.2) is 21.2 Å². The molecule has 0 bridgehead atoms. The molecule has 102 valence electrons. The van der Waals surface area contributed by atoms with Crippen LogP contribution in [0.4, 0.5) is 0 Å². The van der Waals surface area contributed by atoms with Gasteiger partial charge in [-0.05, 0) is 41.8 Å². The van der Waals surface area contributed by atoms with E-state index in [0.29, 0.717) is 17.2 Å². The number of hydrogen-bond acceptors (Lipinski definition) is 4. The Morgan fingerprint density at radius 3 is 2.53 bits per heavy atom. The predicted octanol–water partition coefficient (Wildman–Crippen LogP) is 2.99. The highest BCUT2D eigenvalue weighted by atomic mass is 32.2. The molecule has 0 unspecified atom stereocenters. The zero-order valence-electron chi connectivity index (χ0n) is 10.5. The van der Waals surface area contributed by atoms with Crippen LogP contribution in [0.3, 0.4) is 0 Å². The van der Waals surface area contributed by atoms with E-state index in [4.69, 9.17) is 0 Å². The molecule has 0 aliphatic carbocycles. The molecule has 19 heavy (non-hydrogen) atoms. The van der Waals surface area contributed by atoms with Crippen molar-refractivity contribution in [2.45, 2.75) is 15.5 Å². The lowest BCUT2D eigenvalue weighted by molar-refractivity contribution is 0.584. The van der Waals surface area contributed by atoms with Gasteiger partial charge in [0, 0.05) is 11.4 Å². The first-order chi connectivity index (χ1) is 9.12. The van der Waals surface area contributed by atoms with Crippen molar-refractivity contribution in [3.63, 3.8) is 0 Å². The number of nitrogens with one attached hydrogen (secondary N) is 1. The fourth-order valence-corrected chi connectivity index (χ4v) is 4.09. The second-order valence-corrected chi connectivity index (χ2v) is 7.75. The van der Waals surface area contributed by atoms with E-state index in [1.54, 1.807) is 29.3 Å². The second-order valence-electron chi connectivity index (χ2n) is 3.93. The summed E-state index contributed by atoms with van der Waals surface area (Å²) in [5, 5.41) is 1.76. The molecule has 1 heterocycles. The van der Waals surface area contributed by atoms with Gasteiger partial charge in [-0.2, -0.15) is 0 Å². The number of rotatable bonds is 6. The second kappa shape index (κ2) is 6.56. The smallest absolute Gasteiger partial charge is 0.210 e. The van der Waals surface area contributed by atoms with Crippen molar-refractivity contribution in [3.8, 4) is 0 Å². The Kier molecular flexibility index (Phi) is 5.04. The van der Waals surface area contributed by atoms with Crippen molar-refractivity contribution in [2.24, 2.45) is 0 Å². The quantitative estimate of drug-likeness (QED) is 0.834. The molecule has 0 saturated carbocycles. The summed E-state index contributed by atoms with van der Waals surface area (Å²) >= 11 is 2.92. The van der Waals surface area contributed by atoms with Crippen molar-refractivity contribution in [2.75, 3.05) is 12.8 Å². The minimum Gasteiger partial charge on any atom is -0.210 e. The standard InChI is InChI=1S/C13H15NO2S3/c1-17-12-6-4-11(5-7-12)8-9-14-19(15,16)13-3-2-10-18-13/h2-7,10,14H,8-9H2,1H3. The maximum absolute atomic E-state index is 11.9. The van der Waals surface area contributed by atoms with Crippen LogP contribution >= 0.6 is 23.1 Å². The molecular formula is C13H15NO2S3. The number of thioether (sulfide) groups is 1. The Labute approximate surface area is 122 Å². The highest BCUT2D eigenvalue weighted by Crippen LogP contribution is 2.16. The number of hydrogen-bond donors (Lipinski definition) is 1. The van der Waals surface area contributed by atoms with Gasteiger partial charge in [-0.15, -0.1) is 23.1 Å². The lowest BCUT2D eigenvalue weighted by atomic mass is 10.2. The van der Waals surface area contributed by atoms with E-state index >= 15 is 0 Å². The van der Waals surface area contributed by atoms with Crippen LogP contribution in [0.15, 0.2) is 50.9 Å². The normalized spacial score (nSPS) is 11.6. The predicted molar refractivity (Wildman–Crippen MR) is 81.4 cm³/mol. The van der Waals surface area contributed by atoms with Gasteiger partial charge in [0.2, 0.25) is 10.0 Å². The zero-order chi connectivity index (χ0) is 13.7. The van der Waals surface area contributed by atoms with Gasteiger partial charge in [-0.1, -0.05) is 18.2 Å². The molecule has 1 aromatic heterocycles. The lowest BCUT2D eigenvalue weighted by Crippen LogP contribution is -2.25. The summed E-state index contributed by atoms with van der Waals surface area (Å²) in [6.07, 6.45) is 2.73. The average molecular weight is 313 g/mol. The minimum atomic E-state index is -3.34. The molecule has 1 aromatic carbocycles. The van der Waals surface area contributed by atoms with E-state index in [9.17, 15) is 8.42 Å². The molecule has 0 aliphatic rings. The highest BCUT2D eigenvalue weighted by molar-refractivity contribution is 7.98. The number of thiophene rings is 1. The summed E-state index contributed by atoms with van der Waals surface area (Å²) in [7, 11) is -3.34. The third kappa shape index (κ3) is 4.07. The molecule has 0 spiro atoms. The van der Waals surface area contributed by atoms with Crippen LogP contribution in [0.2, 0.25) is 0 Å². The molecule has 0 fully saturated rings. The molecule has 0 amide bonds. The number of benzene rings is 1. The first-order valence-corrected chi connectivity index (χ1v) is 9.37. The fraction of sp³-hybridized carbons (Fsp3) is 0.231. The molecule has 0 aliphatic heterocycles. The van der Waals surface area contributed by atoms with Crippen molar-refractivity contribution >= 4 is 33.1 Å². The van der Waals surface area contributed by atoms with Crippen LogP contribution in [0.25, 0.3) is 0 Å². The monoisotopic (exact) mass is 313 g/mol. The summed E-state index contributed by atoms with van der Waals surface area (Å²) in [6.45, 7) is 0.416. The summed E-state index contributed by atoms with van der Waals surface area (Å²) in [5.41, 5.74) is 1.13. The maximum Gasteiger partial charge on any atom is 0.250 e. The van der Waals surface area contributed by atoms with E-state index in [0.717, 1.165) is 5.56 Å². The molecule has 0 atom stereocenters. The Morgan fingerprint density at radius 2 is 1.95 bits per heavy atom. The van der Waals surface area contributed by atoms with Crippen LogP contribution in [0.5, 0.6) is 0 Å². The van der Waals surface area contributed by atoms with Gasteiger partial charge in [0.05, 0.1) is 0 Å². The van der Waals surface area contributed by atoms with Gasteiger partial charge >= 0.3 is 0 Å². The van der Waals surface area contributed by atoms with E-state index in [-0.39, 0.29) is 0 Å². The zero-order valence-corrected chi connectivity index (χ0v) is 12.9. The van der Waals surface area contributed by atoms with Crippen LogP contribution in [0.1, 0.15) is 5.56 Å². The third-order valence-corrected chi connectivity index (χ3v) is 6.23. The van der Waals surface area contributed by atoms with Crippen LogP contribution in [0, 0.1) is 0 Å². The first kappa shape index (κ1) is 14.6. The van der Waals surface area contributed by atoms with Gasteiger partial charge in [0.25, 0.3) is 0 Å². The summed E-state index contributed by atoms with van der Waals surface area (Å²) in [4.78, 5) is 1.21. The Hall–Kier alpha value is -0.820. The average Bonchev–Trinajstić information content (AvgIpc) is 2.94. The summed E-state index contributed by atoms with van der Waals surface area (Å²) < 4.78 is 26.7. The SMILES string of the molecule is CSc1ccc(CCNS(=O)(=O)c2cccs2)cc1. The molecule has 6 heteroatoms. The van der Waals surface area contributed by atoms with E-state index in [1.807, 2.05) is 30.5 Å². The molecule has 0 radical (unpaired) electrons. The van der Waals surface area contributed by atoms with E-state index in [2.05, 4.69) is 4.72 Å². The van der Waals surface area contributed by atoms with Crippen LogP contribution in [-0.2, 0) is 16.4 Å². The minimum absolute atomic E-state index is 0.366. The van der Waals surface area contributed by atoms with Crippen molar-refractivity contribution < 1.29 is 8.42 Å². The van der Waals surface area contributed by atoms with Crippen molar-refractivity contribution in [1.82, 2.24) is 4.72 Å².